The first-order chi connectivity index (χ1) is 11.3. The Balaban J connectivity index is 0.00000156. The summed E-state index contributed by atoms with van der Waals surface area (Å²) in [6, 6.07) is 8.29. The first-order valence-electron chi connectivity index (χ1n) is 8.43. The Morgan fingerprint density at radius 3 is 2.64 bits per heavy atom. The number of rotatable bonds is 6. The van der Waals surface area contributed by atoms with Crippen molar-refractivity contribution in [1.82, 2.24) is 14.8 Å². The number of benzene rings is 1. The number of hydrogen-bond donors (Lipinski definition) is 1. The summed E-state index contributed by atoms with van der Waals surface area (Å²) in [5.41, 5.74) is 2.42. The molecule has 1 aliphatic rings. The number of fused-ring (bicyclic) bond motifs is 1. The lowest BCUT2D eigenvalue weighted by molar-refractivity contribution is -0.143. The zero-order valence-corrected chi connectivity index (χ0v) is 16.2. The molecule has 25 heavy (non-hydrogen) atoms. The monoisotopic (exact) mass is 387 g/mol. The summed E-state index contributed by atoms with van der Waals surface area (Å²) >= 11 is 0. The maximum Gasteiger partial charge on any atom is 0.325 e. The Bertz CT molecular complexity index is 669. The molecule has 1 saturated heterocycles. The van der Waals surface area contributed by atoms with Crippen molar-refractivity contribution < 1.29 is 9.53 Å². The molecule has 3 rings (SSSR count). The first-order valence-corrected chi connectivity index (χ1v) is 8.43. The number of esters is 1. The highest BCUT2D eigenvalue weighted by molar-refractivity contribution is 5.86. The SMILES string of the molecule is CCOC(=O)Cn1cc(CCN2CCNCC2)c2ccccc21.Cl.Cl. The van der Waals surface area contributed by atoms with Gasteiger partial charge < -0.3 is 19.5 Å². The van der Waals surface area contributed by atoms with Crippen molar-refractivity contribution in [3.05, 3.63) is 36.0 Å². The molecule has 1 aromatic carbocycles. The summed E-state index contributed by atoms with van der Waals surface area (Å²) in [7, 11) is 0. The van der Waals surface area contributed by atoms with Crippen molar-refractivity contribution in [2.45, 2.75) is 19.9 Å². The van der Waals surface area contributed by atoms with E-state index in [1.54, 1.807) is 0 Å². The van der Waals surface area contributed by atoms with Crippen molar-refractivity contribution in [2.75, 3.05) is 39.3 Å². The summed E-state index contributed by atoms with van der Waals surface area (Å²) in [5, 5.41) is 4.63. The van der Waals surface area contributed by atoms with Crippen molar-refractivity contribution in [1.29, 1.82) is 0 Å². The predicted octanol–water partition coefficient (Wildman–Crippen LogP) is 2.50. The molecule has 2 heterocycles. The Morgan fingerprint density at radius 2 is 1.92 bits per heavy atom. The van der Waals surface area contributed by atoms with E-state index in [9.17, 15) is 4.79 Å². The third-order valence-electron chi connectivity index (χ3n) is 4.38. The highest BCUT2D eigenvalue weighted by Gasteiger charge is 2.14. The van der Waals surface area contributed by atoms with Gasteiger partial charge in [-0.05, 0) is 25.0 Å². The third-order valence-corrected chi connectivity index (χ3v) is 4.38. The van der Waals surface area contributed by atoms with Crippen LogP contribution in [0.5, 0.6) is 0 Å². The minimum atomic E-state index is -0.179. The molecule has 0 amide bonds. The summed E-state index contributed by atoms with van der Waals surface area (Å²) in [6.07, 6.45) is 3.13. The fourth-order valence-corrected chi connectivity index (χ4v) is 3.21. The molecule has 0 unspecified atom stereocenters. The van der Waals surface area contributed by atoms with E-state index in [-0.39, 0.29) is 37.3 Å². The second kappa shape index (κ2) is 10.7. The van der Waals surface area contributed by atoms with Crippen LogP contribution in [-0.4, -0.2) is 54.8 Å². The number of aromatic nitrogens is 1. The molecule has 0 bridgehead atoms. The molecule has 1 N–H and O–H groups in total. The number of nitrogens with one attached hydrogen (secondary N) is 1. The summed E-state index contributed by atoms with van der Waals surface area (Å²) in [4.78, 5) is 14.3. The van der Waals surface area contributed by atoms with Gasteiger partial charge in [-0.3, -0.25) is 4.79 Å². The topological polar surface area (TPSA) is 46.5 Å². The summed E-state index contributed by atoms with van der Waals surface area (Å²) in [5.74, 6) is -0.179. The zero-order valence-electron chi connectivity index (χ0n) is 14.6. The zero-order chi connectivity index (χ0) is 16.1. The van der Waals surface area contributed by atoms with Crippen LogP contribution in [0.1, 0.15) is 12.5 Å². The second-order valence-corrected chi connectivity index (χ2v) is 5.95. The van der Waals surface area contributed by atoms with Crippen LogP contribution in [0.3, 0.4) is 0 Å². The normalized spacial score (nSPS) is 14.6. The molecule has 2 aromatic rings. The predicted molar refractivity (Wildman–Crippen MR) is 106 cm³/mol. The van der Waals surface area contributed by atoms with Gasteiger partial charge in [0.25, 0.3) is 0 Å². The number of para-hydroxylation sites is 1. The van der Waals surface area contributed by atoms with Gasteiger partial charge in [0.15, 0.2) is 0 Å². The van der Waals surface area contributed by atoms with Crippen LogP contribution in [-0.2, 0) is 22.5 Å². The molecule has 0 spiro atoms. The number of nitrogens with zero attached hydrogens (tertiary/aromatic N) is 2. The van der Waals surface area contributed by atoms with E-state index in [0.717, 1.165) is 44.7 Å². The first kappa shape index (κ1) is 21.8. The molecule has 0 radical (unpaired) electrons. The molecule has 1 aromatic heterocycles. The van der Waals surface area contributed by atoms with E-state index >= 15 is 0 Å². The summed E-state index contributed by atoms with van der Waals surface area (Å²) in [6.45, 7) is 7.98. The van der Waals surface area contributed by atoms with Gasteiger partial charge in [-0.25, -0.2) is 0 Å². The Hall–Kier alpha value is -1.27. The molecule has 0 saturated carbocycles. The lowest BCUT2D eigenvalue weighted by atomic mass is 10.1. The third kappa shape index (κ3) is 5.61. The molecule has 1 fully saturated rings. The van der Waals surface area contributed by atoms with E-state index in [4.69, 9.17) is 4.74 Å². The van der Waals surface area contributed by atoms with E-state index in [1.807, 2.05) is 17.6 Å². The second-order valence-electron chi connectivity index (χ2n) is 5.95. The van der Waals surface area contributed by atoms with Crippen LogP contribution < -0.4 is 5.32 Å². The van der Waals surface area contributed by atoms with E-state index < -0.39 is 0 Å². The minimum absolute atomic E-state index is 0. The van der Waals surface area contributed by atoms with Gasteiger partial charge in [0, 0.05) is 49.8 Å². The largest absolute Gasteiger partial charge is 0.465 e. The van der Waals surface area contributed by atoms with Gasteiger partial charge in [0.1, 0.15) is 6.54 Å². The highest BCUT2D eigenvalue weighted by atomic mass is 35.5. The van der Waals surface area contributed by atoms with E-state index in [0.29, 0.717) is 6.61 Å². The lowest BCUT2D eigenvalue weighted by Gasteiger charge is -2.26. The van der Waals surface area contributed by atoms with Crippen LogP contribution in [0.2, 0.25) is 0 Å². The maximum absolute atomic E-state index is 11.8. The van der Waals surface area contributed by atoms with Crippen molar-refractivity contribution in [3.8, 4) is 0 Å². The van der Waals surface area contributed by atoms with Crippen molar-refractivity contribution in [2.24, 2.45) is 0 Å². The number of piperazine rings is 1. The molecular weight excluding hydrogens is 361 g/mol. The van der Waals surface area contributed by atoms with Crippen LogP contribution >= 0.6 is 24.8 Å². The van der Waals surface area contributed by atoms with E-state index in [1.165, 1.54) is 10.9 Å². The summed E-state index contributed by atoms with van der Waals surface area (Å²) < 4.78 is 7.10. The van der Waals surface area contributed by atoms with Crippen LogP contribution in [0.4, 0.5) is 0 Å². The molecule has 0 atom stereocenters. The smallest absolute Gasteiger partial charge is 0.325 e. The Labute approximate surface area is 161 Å². The van der Waals surface area contributed by atoms with Crippen molar-refractivity contribution in [3.63, 3.8) is 0 Å². The van der Waals surface area contributed by atoms with Gasteiger partial charge in [0.05, 0.1) is 6.61 Å². The van der Waals surface area contributed by atoms with Crippen molar-refractivity contribution >= 4 is 41.7 Å². The van der Waals surface area contributed by atoms with Gasteiger partial charge >= 0.3 is 5.97 Å². The molecule has 1 aliphatic heterocycles. The fraction of sp³-hybridized carbons (Fsp3) is 0.500. The highest BCUT2D eigenvalue weighted by Crippen LogP contribution is 2.22. The quantitative estimate of drug-likeness (QED) is 0.773. The molecule has 140 valence electrons. The number of ether oxygens (including phenoxy) is 1. The van der Waals surface area contributed by atoms with Gasteiger partial charge in [-0.1, -0.05) is 18.2 Å². The number of hydrogen-bond acceptors (Lipinski definition) is 4. The Morgan fingerprint density at radius 1 is 1.20 bits per heavy atom. The number of carbonyl (C=O) groups excluding carboxylic acids is 1. The maximum atomic E-state index is 11.8. The van der Waals surface area contributed by atoms with E-state index in [2.05, 4.69) is 34.6 Å². The van der Waals surface area contributed by atoms with Gasteiger partial charge in [-0.15, -0.1) is 24.8 Å². The fourth-order valence-electron chi connectivity index (χ4n) is 3.21. The van der Waals surface area contributed by atoms with Crippen LogP contribution in [0.25, 0.3) is 10.9 Å². The average Bonchev–Trinajstić information content (AvgIpc) is 2.92. The molecule has 7 heteroatoms. The Kier molecular flexibility index (Phi) is 9.28. The van der Waals surface area contributed by atoms with Crippen LogP contribution in [0, 0.1) is 0 Å². The number of halogens is 2. The minimum Gasteiger partial charge on any atom is -0.465 e. The lowest BCUT2D eigenvalue weighted by Crippen LogP contribution is -2.44. The molecule has 5 nitrogen and oxygen atoms in total. The van der Waals surface area contributed by atoms with Gasteiger partial charge in [0.2, 0.25) is 0 Å². The van der Waals surface area contributed by atoms with Crippen LogP contribution in [0.15, 0.2) is 30.5 Å². The molecule has 0 aliphatic carbocycles. The number of carbonyl (C=O) groups is 1. The van der Waals surface area contributed by atoms with Gasteiger partial charge in [-0.2, -0.15) is 0 Å². The standard InChI is InChI=1S/C18H25N3O2.2ClH/c1-2-23-18(22)14-21-13-15(16-5-3-4-6-17(16)21)7-10-20-11-8-19-9-12-20;;/h3-6,13,19H,2,7-12,14H2,1H3;2*1H. The average molecular weight is 388 g/mol. The molecular formula is C18H27Cl2N3O2.